The lowest BCUT2D eigenvalue weighted by Crippen LogP contribution is -2.01. The minimum atomic E-state index is 0.114. The molecule has 0 saturated heterocycles. The summed E-state index contributed by atoms with van der Waals surface area (Å²) in [6.45, 7) is 1.98. The highest BCUT2D eigenvalue weighted by molar-refractivity contribution is 7.99. The summed E-state index contributed by atoms with van der Waals surface area (Å²) < 4.78 is 2.09. The number of imidazole rings is 1. The zero-order chi connectivity index (χ0) is 20.1. The first kappa shape index (κ1) is 20.0. The molecule has 7 heteroatoms. The van der Waals surface area contributed by atoms with Gasteiger partial charge in [0.05, 0.1) is 11.8 Å². The summed E-state index contributed by atoms with van der Waals surface area (Å²) >= 11 is 7.67. The average molecular weight is 410 g/mol. The van der Waals surface area contributed by atoms with E-state index in [1.807, 2.05) is 56.5 Å². The number of nitrogens with two attached hydrogens (primary N) is 1. The molecule has 0 amide bonds. The van der Waals surface area contributed by atoms with Crippen LogP contribution < -0.4 is 5.84 Å². The van der Waals surface area contributed by atoms with Crippen molar-refractivity contribution in [2.24, 2.45) is 18.0 Å². The molecule has 2 aromatic rings. The van der Waals surface area contributed by atoms with E-state index in [0.717, 1.165) is 33.4 Å². The van der Waals surface area contributed by atoms with Crippen LogP contribution >= 0.6 is 23.4 Å². The van der Waals surface area contributed by atoms with Crippen molar-refractivity contribution in [3.05, 3.63) is 70.7 Å². The van der Waals surface area contributed by atoms with Gasteiger partial charge in [-0.15, -0.1) is 0 Å². The largest absolute Gasteiger partial charge is 0.323 e. The topological polar surface area (TPSA) is 80.0 Å². The maximum Gasteiger partial charge on any atom is 0.136 e. The van der Waals surface area contributed by atoms with Crippen molar-refractivity contribution in [3.63, 3.8) is 0 Å². The third kappa shape index (κ3) is 4.38. The number of halogens is 1. The van der Waals surface area contributed by atoms with Gasteiger partial charge in [0, 0.05) is 34.7 Å². The lowest BCUT2D eigenvalue weighted by atomic mass is 9.95. The number of nitrogens with zero attached hydrogens (tertiary/aromatic N) is 4. The number of hydrogen-bond donors (Lipinski definition) is 1. The van der Waals surface area contributed by atoms with Crippen molar-refractivity contribution in [1.29, 1.82) is 5.26 Å². The summed E-state index contributed by atoms with van der Waals surface area (Å²) in [6.07, 6.45) is 10.0. The number of benzene rings is 1. The van der Waals surface area contributed by atoms with Crippen LogP contribution in [0, 0.1) is 11.3 Å². The van der Waals surface area contributed by atoms with Crippen LogP contribution in [0.2, 0.25) is 5.02 Å². The van der Waals surface area contributed by atoms with E-state index in [1.54, 1.807) is 18.0 Å². The van der Waals surface area contributed by atoms with Crippen LogP contribution in [-0.4, -0.2) is 15.8 Å². The van der Waals surface area contributed by atoms with E-state index < -0.39 is 0 Å². The van der Waals surface area contributed by atoms with Crippen molar-refractivity contribution >= 4 is 35.2 Å². The molecule has 142 valence electrons. The summed E-state index contributed by atoms with van der Waals surface area (Å²) in [4.78, 5) is 6.01. The summed E-state index contributed by atoms with van der Waals surface area (Å²) in [5.74, 6) is 6.20. The molecule has 1 atom stereocenters. The smallest absolute Gasteiger partial charge is 0.136 e. The molecule has 0 saturated carbocycles. The highest BCUT2D eigenvalue weighted by Gasteiger charge is 2.23. The zero-order valence-corrected chi connectivity index (χ0v) is 17.2. The average Bonchev–Trinajstić information content (AvgIpc) is 3.04. The molecule has 1 unspecified atom stereocenters. The molecule has 2 N–H and O–H groups in total. The first-order valence-corrected chi connectivity index (χ1v) is 9.92. The Balaban J connectivity index is 2.03. The Morgan fingerprint density at radius 1 is 1.43 bits per heavy atom. The second-order valence-electron chi connectivity index (χ2n) is 6.36. The Morgan fingerprint density at radius 3 is 2.79 bits per heavy atom. The van der Waals surface area contributed by atoms with E-state index in [4.69, 9.17) is 27.7 Å². The number of hydrogen-bond acceptors (Lipinski definition) is 5. The van der Waals surface area contributed by atoms with E-state index in [1.165, 1.54) is 0 Å². The molecule has 0 bridgehead atoms. The molecule has 0 spiro atoms. The van der Waals surface area contributed by atoms with Crippen molar-refractivity contribution < 1.29 is 0 Å². The fourth-order valence-electron chi connectivity index (χ4n) is 2.97. The fourth-order valence-corrected chi connectivity index (χ4v) is 4.12. The van der Waals surface area contributed by atoms with Crippen LogP contribution in [0.4, 0.5) is 0 Å². The van der Waals surface area contributed by atoms with E-state index in [0.29, 0.717) is 10.6 Å². The molecular weight excluding hydrogens is 390 g/mol. The minimum Gasteiger partial charge on any atom is -0.323 e. The summed E-state index contributed by atoms with van der Waals surface area (Å²) in [7, 11) is 2.00. The van der Waals surface area contributed by atoms with Gasteiger partial charge in [0.15, 0.2) is 0 Å². The van der Waals surface area contributed by atoms with Gasteiger partial charge in [-0.1, -0.05) is 35.5 Å². The van der Waals surface area contributed by atoms with Gasteiger partial charge >= 0.3 is 0 Å². The highest BCUT2D eigenvalue weighted by atomic mass is 35.5. The second-order valence-corrected chi connectivity index (χ2v) is 7.86. The van der Waals surface area contributed by atoms with Crippen molar-refractivity contribution in [3.8, 4) is 6.07 Å². The number of hydrazone groups is 1. The summed E-state index contributed by atoms with van der Waals surface area (Å²) in [6, 6.07) is 9.95. The van der Waals surface area contributed by atoms with Gasteiger partial charge in [0.1, 0.15) is 10.9 Å². The first-order valence-electron chi connectivity index (χ1n) is 8.72. The van der Waals surface area contributed by atoms with Crippen LogP contribution in [0.1, 0.15) is 30.8 Å². The predicted octanol–water partition coefficient (Wildman–Crippen LogP) is 5.07. The highest BCUT2D eigenvalue weighted by Crippen LogP contribution is 2.38. The van der Waals surface area contributed by atoms with Gasteiger partial charge in [-0.2, -0.15) is 10.4 Å². The normalized spacial score (nSPS) is 17.0. The van der Waals surface area contributed by atoms with Crippen LogP contribution in [0.25, 0.3) is 5.57 Å². The van der Waals surface area contributed by atoms with E-state index in [9.17, 15) is 0 Å². The quantitative estimate of drug-likeness (QED) is 0.425. The molecule has 0 fully saturated rings. The predicted molar refractivity (Wildman–Crippen MR) is 115 cm³/mol. The molecule has 0 aliphatic heterocycles. The lowest BCUT2D eigenvalue weighted by molar-refractivity contribution is 0.758. The Kier molecular flexibility index (Phi) is 6.40. The zero-order valence-electron chi connectivity index (χ0n) is 15.6. The standard InChI is InChI=1S/C21H20ClN5S/c1-14(11-12-25-24)20-26-19(16-5-3-15(13-23)4-6-16)21(27(20)2)28-18-9-7-17(22)8-10-18/h3-5,7-12,16H,6,24H2,1-2H3/b14-11+,25-12-. The van der Waals surface area contributed by atoms with Crippen molar-refractivity contribution in [2.75, 3.05) is 0 Å². The van der Waals surface area contributed by atoms with Gasteiger partial charge in [-0.25, -0.2) is 4.98 Å². The molecule has 1 heterocycles. The molecule has 1 aromatic carbocycles. The molecule has 5 nitrogen and oxygen atoms in total. The second kappa shape index (κ2) is 8.96. The van der Waals surface area contributed by atoms with E-state index in [-0.39, 0.29) is 5.92 Å². The first-order chi connectivity index (χ1) is 13.5. The Hall–Kier alpha value is -2.75. The number of allylic oxidation sites excluding steroid dienone is 6. The van der Waals surface area contributed by atoms with Crippen molar-refractivity contribution in [1.82, 2.24) is 9.55 Å². The Morgan fingerprint density at radius 2 is 2.18 bits per heavy atom. The summed E-state index contributed by atoms with van der Waals surface area (Å²) in [5, 5.41) is 14.4. The molecule has 0 radical (unpaired) electrons. The third-order valence-corrected chi connectivity index (χ3v) is 5.88. The maximum absolute atomic E-state index is 9.09. The fraction of sp³-hybridized carbons (Fsp3) is 0.190. The van der Waals surface area contributed by atoms with E-state index >= 15 is 0 Å². The van der Waals surface area contributed by atoms with Gasteiger partial charge in [0.2, 0.25) is 0 Å². The van der Waals surface area contributed by atoms with E-state index in [2.05, 4.69) is 21.8 Å². The number of rotatable bonds is 5. The van der Waals surface area contributed by atoms with Crippen LogP contribution in [0.5, 0.6) is 0 Å². The summed E-state index contributed by atoms with van der Waals surface area (Å²) in [5.41, 5.74) is 2.64. The lowest BCUT2D eigenvalue weighted by Gasteiger charge is -2.14. The minimum absolute atomic E-state index is 0.114. The Labute approximate surface area is 173 Å². The monoisotopic (exact) mass is 409 g/mol. The van der Waals surface area contributed by atoms with Gasteiger partial charge in [0.25, 0.3) is 0 Å². The van der Waals surface area contributed by atoms with Gasteiger partial charge in [-0.3, -0.25) is 0 Å². The van der Waals surface area contributed by atoms with Gasteiger partial charge < -0.3 is 10.4 Å². The van der Waals surface area contributed by atoms with Crippen LogP contribution in [0.3, 0.4) is 0 Å². The maximum atomic E-state index is 9.09. The molecule has 1 aliphatic rings. The molecule has 28 heavy (non-hydrogen) atoms. The molecule has 3 rings (SSSR count). The van der Waals surface area contributed by atoms with Crippen LogP contribution in [-0.2, 0) is 7.05 Å². The number of aromatic nitrogens is 2. The Bertz CT molecular complexity index is 1020. The number of nitriles is 1. The third-order valence-electron chi connectivity index (χ3n) is 4.44. The molecule has 1 aromatic heterocycles. The van der Waals surface area contributed by atoms with Gasteiger partial charge in [-0.05, 0) is 55.3 Å². The SMILES string of the molecule is C/C(=C\C=N/N)c1nc(C2C=CC(C#N)=CC2)c(Sc2ccc(Cl)cc2)n1C. The molecular formula is C21H20ClN5S. The molecule has 1 aliphatic carbocycles. The van der Waals surface area contributed by atoms with Crippen LogP contribution in [0.15, 0.2) is 69.2 Å². The van der Waals surface area contributed by atoms with Crippen molar-refractivity contribution in [2.45, 2.75) is 29.2 Å².